The first-order chi connectivity index (χ1) is 12.7. The van der Waals surface area contributed by atoms with E-state index in [9.17, 15) is 9.59 Å². The molecule has 0 radical (unpaired) electrons. The molecule has 136 valence electrons. The number of esters is 1. The molecule has 1 aliphatic heterocycles. The number of rotatable bonds is 4. The highest BCUT2D eigenvalue weighted by Gasteiger charge is 2.15. The molecule has 1 amide bonds. The number of benzene rings is 1. The van der Waals surface area contributed by atoms with Crippen molar-refractivity contribution in [1.82, 2.24) is 9.88 Å². The summed E-state index contributed by atoms with van der Waals surface area (Å²) in [4.78, 5) is 30.4. The van der Waals surface area contributed by atoms with Crippen LogP contribution in [-0.4, -0.2) is 41.5 Å². The van der Waals surface area contributed by atoms with Crippen molar-refractivity contribution in [2.45, 2.75) is 32.1 Å². The maximum atomic E-state index is 12.2. The van der Waals surface area contributed by atoms with E-state index in [1.165, 1.54) is 12.5 Å². The van der Waals surface area contributed by atoms with Crippen LogP contribution in [0, 0.1) is 0 Å². The molecule has 0 N–H and O–H groups in total. The average Bonchev–Trinajstić information content (AvgIpc) is 2.64. The highest BCUT2D eigenvalue weighted by Crippen LogP contribution is 2.17. The van der Waals surface area contributed by atoms with Gasteiger partial charge in [0.2, 0.25) is 0 Å². The van der Waals surface area contributed by atoms with Crippen LogP contribution in [0.2, 0.25) is 0 Å². The van der Waals surface area contributed by atoms with Crippen LogP contribution in [0.4, 0.5) is 0 Å². The Hall–Kier alpha value is -2.69. The summed E-state index contributed by atoms with van der Waals surface area (Å²) < 4.78 is 5.13. The van der Waals surface area contributed by atoms with Crippen LogP contribution >= 0.6 is 0 Å². The number of nitrogens with zero attached hydrogens (tertiary/aromatic N) is 2. The lowest BCUT2D eigenvalue weighted by atomic mass is 10.1. The van der Waals surface area contributed by atoms with Crippen LogP contribution < -0.4 is 0 Å². The number of ether oxygens (including phenoxy) is 1. The zero-order valence-corrected chi connectivity index (χ0v) is 14.9. The average molecular weight is 352 g/mol. The normalized spacial score (nSPS) is 15.6. The second-order valence-electron chi connectivity index (χ2n) is 6.51. The molecular formula is C21H24N2O3. The Kier molecular flexibility index (Phi) is 6.36. The Morgan fingerprint density at radius 1 is 1.04 bits per heavy atom. The molecule has 1 aliphatic rings. The van der Waals surface area contributed by atoms with Crippen molar-refractivity contribution in [2.75, 3.05) is 19.7 Å². The highest BCUT2D eigenvalue weighted by atomic mass is 16.5. The molecular weight excluding hydrogens is 328 g/mol. The third-order valence-electron chi connectivity index (χ3n) is 4.61. The van der Waals surface area contributed by atoms with E-state index in [-0.39, 0.29) is 12.5 Å². The topological polar surface area (TPSA) is 59.5 Å². The zero-order valence-electron chi connectivity index (χ0n) is 14.9. The van der Waals surface area contributed by atoms with Gasteiger partial charge >= 0.3 is 5.97 Å². The predicted molar refractivity (Wildman–Crippen MR) is 101 cm³/mol. The number of amides is 1. The van der Waals surface area contributed by atoms with E-state index in [1.807, 2.05) is 35.2 Å². The largest absolute Gasteiger partial charge is 0.452 e. The second kappa shape index (κ2) is 9.13. The van der Waals surface area contributed by atoms with Crippen molar-refractivity contribution < 1.29 is 14.3 Å². The molecule has 0 bridgehead atoms. The smallest absolute Gasteiger partial charge is 0.331 e. The molecule has 0 saturated carbocycles. The minimum absolute atomic E-state index is 0.111. The molecule has 3 rings (SSSR count). The lowest BCUT2D eigenvalue weighted by Gasteiger charge is -2.24. The quantitative estimate of drug-likeness (QED) is 0.623. The fourth-order valence-electron chi connectivity index (χ4n) is 3.19. The number of aromatic nitrogens is 1. The Labute approximate surface area is 153 Å². The minimum atomic E-state index is -0.515. The fraction of sp³-hybridized carbons (Fsp3) is 0.381. The van der Waals surface area contributed by atoms with Crippen molar-refractivity contribution >= 4 is 28.9 Å². The van der Waals surface area contributed by atoms with Crippen LogP contribution in [0.5, 0.6) is 0 Å². The van der Waals surface area contributed by atoms with E-state index in [2.05, 4.69) is 4.98 Å². The number of carbonyl (C=O) groups is 2. The van der Waals surface area contributed by atoms with Gasteiger partial charge in [-0.15, -0.1) is 0 Å². The molecule has 26 heavy (non-hydrogen) atoms. The van der Waals surface area contributed by atoms with Crippen molar-refractivity contribution in [3.63, 3.8) is 0 Å². The monoisotopic (exact) mass is 352 g/mol. The molecule has 2 heterocycles. The van der Waals surface area contributed by atoms with Gasteiger partial charge in [-0.05, 0) is 25.0 Å². The van der Waals surface area contributed by atoms with E-state index in [4.69, 9.17) is 4.74 Å². The van der Waals surface area contributed by atoms with E-state index in [0.29, 0.717) is 0 Å². The summed E-state index contributed by atoms with van der Waals surface area (Å²) in [6.45, 7) is 1.32. The van der Waals surface area contributed by atoms with Crippen molar-refractivity contribution in [3.05, 3.63) is 48.2 Å². The van der Waals surface area contributed by atoms with Crippen LogP contribution in [0.3, 0.4) is 0 Å². The molecule has 1 aromatic heterocycles. The molecule has 1 fully saturated rings. The first-order valence-electron chi connectivity index (χ1n) is 9.20. The molecule has 1 saturated heterocycles. The molecule has 5 nitrogen and oxygen atoms in total. The van der Waals surface area contributed by atoms with Gasteiger partial charge in [0.25, 0.3) is 5.91 Å². The second-order valence-corrected chi connectivity index (χ2v) is 6.51. The fourth-order valence-corrected chi connectivity index (χ4v) is 3.19. The third-order valence-corrected chi connectivity index (χ3v) is 4.61. The van der Waals surface area contributed by atoms with Gasteiger partial charge in [-0.2, -0.15) is 0 Å². The first-order valence-corrected chi connectivity index (χ1v) is 9.20. The number of likely N-dealkylation sites (tertiary alicyclic amines) is 1. The van der Waals surface area contributed by atoms with Gasteiger partial charge in [0, 0.05) is 36.3 Å². The zero-order chi connectivity index (χ0) is 18.2. The van der Waals surface area contributed by atoms with Crippen molar-refractivity contribution in [2.24, 2.45) is 0 Å². The highest BCUT2D eigenvalue weighted by molar-refractivity contribution is 5.93. The Morgan fingerprint density at radius 2 is 1.77 bits per heavy atom. The Morgan fingerprint density at radius 3 is 2.58 bits per heavy atom. The number of hydrogen-bond acceptors (Lipinski definition) is 4. The maximum absolute atomic E-state index is 12.2. The summed E-state index contributed by atoms with van der Waals surface area (Å²) in [7, 11) is 0. The van der Waals surface area contributed by atoms with Gasteiger partial charge in [0.15, 0.2) is 6.61 Å². The summed E-state index contributed by atoms with van der Waals surface area (Å²) in [6.07, 6.45) is 10.4. The number of fused-ring (bicyclic) bond motifs is 1. The van der Waals surface area contributed by atoms with Gasteiger partial charge in [-0.25, -0.2) is 4.79 Å². The Balaban J connectivity index is 1.54. The number of para-hydroxylation sites is 1. The number of pyridine rings is 1. The maximum Gasteiger partial charge on any atom is 0.331 e. The van der Waals surface area contributed by atoms with Gasteiger partial charge < -0.3 is 9.64 Å². The molecule has 2 aromatic rings. The number of carbonyl (C=O) groups excluding carboxylic acids is 2. The van der Waals surface area contributed by atoms with Crippen molar-refractivity contribution in [3.8, 4) is 0 Å². The molecule has 1 aromatic carbocycles. The van der Waals surface area contributed by atoms with Gasteiger partial charge in [0.05, 0.1) is 5.52 Å². The van der Waals surface area contributed by atoms with E-state index < -0.39 is 5.97 Å². The summed E-state index contributed by atoms with van der Waals surface area (Å²) >= 11 is 0. The van der Waals surface area contributed by atoms with Gasteiger partial charge in [-0.3, -0.25) is 9.78 Å². The molecule has 0 aliphatic carbocycles. The van der Waals surface area contributed by atoms with Crippen LogP contribution in [0.15, 0.2) is 42.6 Å². The first kappa shape index (κ1) is 18.1. The van der Waals surface area contributed by atoms with E-state index in [1.54, 1.807) is 12.3 Å². The predicted octanol–water partition coefficient (Wildman–Crippen LogP) is 3.58. The summed E-state index contributed by atoms with van der Waals surface area (Å²) in [5.41, 5.74) is 1.67. The summed E-state index contributed by atoms with van der Waals surface area (Å²) in [6, 6.07) is 9.63. The van der Waals surface area contributed by atoms with Gasteiger partial charge in [-0.1, -0.05) is 43.5 Å². The lowest BCUT2D eigenvalue weighted by molar-refractivity contribution is -0.148. The van der Waals surface area contributed by atoms with Crippen LogP contribution in [0.1, 0.15) is 37.7 Å². The molecule has 0 spiro atoms. The van der Waals surface area contributed by atoms with E-state index >= 15 is 0 Å². The third kappa shape index (κ3) is 4.91. The van der Waals surface area contributed by atoms with Crippen LogP contribution in [-0.2, 0) is 14.3 Å². The SMILES string of the molecule is O=C(/C=C/c1cccc2cccnc12)OCC(=O)N1CCCCCCC1. The number of hydrogen-bond donors (Lipinski definition) is 0. The van der Waals surface area contributed by atoms with Gasteiger partial charge in [0.1, 0.15) is 0 Å². The minimum Gasteiger partial charge on any atom is -0.452 e. The summed E-state index contributed by atoms with van der Waals surface area (Å²) in [5, 5.41) is 1.01. The molecule has 5 heteroatoms. The van der Waals surface area contributed by atoms with Crippen molar-refractivity contribution in [1.29, 1.82) is 0 Å². The van der Waals surface area contributed by atoms with Crippen LogP contribution in [0.25, 0.3) is 17.0 Å². The Bertz CT molecular complexity index is 787. The lowest BCUT2D eigenvalue weighted by Crippen LogP contribution is -2.36. The molecule has 0 unspecified atom stereocenters. The molecule has 0 atom stereocenters. The summed E-state index contributed by atoms with van der Waals surface area (Å²) in [5.74, 6) is -0.626. The van der Waals surface area contributed by atoms with E-state index in [0.717, 1.165) is 55.2 Å². The standard InChI is InChI=1S/C21H24N2O3/c24-19(23-14-4-2-1-3-5-15-23)16-26-20(25)12-11-18-9-6-8-17-10-7-13-22-21(17)18/h6-13H,1-5,14-16H2/b12-11+.